The van der Waals surface area contributed by atoms with E-state index in [-0.39, 0.29) is 45.5 Å². The fraction of sp³-hybridized carbons (Fsp3) is 0.278. The van der Waals surface area contributed by atoms with Crippen LogP contribution in [0, 0.1) is 6.92 Å². The van der Waals surface area contributed by atoms with Gasteiger partial charge in [-0.3, -0.25) is 13.9 Å². The van der Waals surface area contributed by atoms with Crippen molar-refractivity contribution in [3.05, 3.63) is 128 Å². The maximum atomic E-state index is 14.7. The summed E-state index contributed by atoms with van der Waals surface area (Å²) in [5.74, 6) is -1.02. The SMILES string of the molecule is Cc1ccc(S(=O)(=O)N(CC(=O)N(Cc2c(Cl)cccc2Cl)[C@H](Cc2ccccc2)C(=O)NC2CCCC2)c2cccc(Cl)c2Cl)cc1. The third kappa shape index (κ3) is 8.47. The van der Waals surface area contributed by atoms with Gasteiger partial charge in [-0.05, 0) is 61.7 Å². The number of halogens is 4. The van der Waals surface area contributed by atoms with Crippen LogP contribution in [0.1, 0.15) is 42.4 Å². The average Bonchev–Trinajstić information content (AvgIpc) is 3.58. The van der Waals surface area contributed by atoms with Gasteiger partial charge in [0.25, 0.3) is 10.0 Å². The predicted molar refractivity (Wildman–Crippen MR) is 194 cm³/mol. The van der Waals surface area contributed by atoms with Crippen LogP contribution in [-0.2, 0) is 32.6 Å². The lowest BCUT2D eigenvalue weighted by molar-refractivity contribution is -0.140. The Bertz CT molecular complexity index is 1850. The van der Waals surface area contributed by atoms with Crippen LogP contribution in [0.5, 0.6) is 0 Å². The van der Waals surface area contributed by atoms with Crippen molar-refractivity contribution < 1.29 is 18.0 Å². The number of anilines is 1. The number of rotatable bonds is 12. The number of aryl methyl sites for hydroxylation is 1. The zero-order chi connectivity index (χ0) is 34.4. The molecular weight excluding hydrogens is 712 g/mol. The van der Waals surface area contributed by atoms with Crippen molar-refractivity contribution in [1.29, 1.82) is 0 Å². The molecule has 0 aliphatic heterocycles. The smallest absolute Gasteiger partial charge is 0.264 e. The zero-order valence-electron chi connectivity index (χ0n) is 26.2. The second kappa shape index (κ2) is 16.0. The molecule has 0 saturated heterocycles. The van der Waals surface area contributed by atoms with Gasteiger partial charge in [0, 0.05) is 34.6 Å². The molecule has 12 heteroatoms. The molecule has 252 valence electrons. The van der Waals surface area contributed by atoms with E-state index in [0.29, 0.717) is 15.6 Å². The van der Waals surface area contributed by atoms with Crippen molar-refractivity contribution in [2.24, 2.45) is 0 Å². The molecular formula is C36H35Cl4N3O4S. The van der Waals surface area contributed by atoms with Crippen molar-refractivity contribution in [3.63, 3.8) is 0 Å². The predicted octanol–water partition coefficient (Wildman–Crippen LogP) is 8.50. The highest BCUT2D eigenvalue weighted by Crippen LogP contribution is 2.36. The summed E-state index contributed by atoms with van der Waals surface area (Å²) >= 11 is 26.2. The van der Waals surface area contributed by atoms with E-state index in [0.717, 1.165) is 41.1 Å². The maximum Gasteiger partial charge on any atom is 0.264 e. The van der Waals surface area contributed by atoms with Crippen molar-refractivity contribution in [2.45, 2.75) is 62.6 Å². The van der Waals surface area contributed by atoms with E-state index in [1.807, 2.05) is 37.3 Å². The monoisotopic (exact) mass is 745 g/mol. The molecule has 1 fully saturated rings. The summed E-state index contributed by atoms with van der Waals surface area (Å²) in [5.41, 5.74) is 2.12. The molecule has 1 N–H and O–H groups in total. The van der Waals surface area contributed by atoms with Gasteiger partial charge in [-0.15, -0.1) is 0 Å². The summed E-state index contributed by atoms with van der Waals surface area (Å²) in [6.45, 7) is 0.988. The lowest BCUT2D eigenvalue weighted by Crippen LogP contribution is -2.54. The number of hydrogen-bond donors (Lipinski definition) is 1. The van der Waals surface area contributed by atoms with Crippen LogP contribution < -0.4 is 9.62 Å². The molecule has 0 aromatic heterocycles. The van der Waals surface area contributed by atoms with E-state index in [1.54, 1.807) is 36.4 Å². The number of nitrogens with zero attached hydrogens (tertiary/aromatic N) is 2. The molecule has 5 rings (SSSR count). The van der Waals surface area contributed by atoms with Crippen LogP contribution >= 0.6 is 46.4 Å². The first kappa shape index (κ1) is 36.0. The summed E-state index contributed by atoms with van der Waals surface area (Å²) in [5, 5.41) is 3.82. The molecule has 0 radical (unpaired) electrons. The first-order valence-corrected chi connectivity index (χ1v) is 18.5. The molecule has 4 aromatic rings. The Hall–Kier alpha value is -3.27. The molecule has 4 aromatic carbocycles. The number of benzene rings is 4. The molecule has 0 spiro atoms. The summed E-state index contributed by atoms with van der Waals surface area (Å²) in [6, 6.07) is 24.1. The highest BCUT2D eigenvalue weighted by Gasteiger charge is 2.36. The maximum absolute atomic E-state index is 14.7. The van der Waals surface area contributed by atoms with Gasteiger partial charge in [-0.25, -0.2) is 8.42 Å². The fourth-order valence-electron chi connectivity index (χ4n) is 5.81. The van der Waals surface area contributed by atoms with Crippen LogP contribution in [0.15, 0.2) is 95.9 Å². The Kier molecular flexibility index (Phi) is 12.0. The Morgan fingerprint density at radius 1 is 0.812 bits per heavy atom. The highest BCUT2D eigenvalue weighted by atomic mass is 35.5. The van der Waals surface area contributed by atoms with E-state index in [4.69, 9.17) is 46.4 Å². The van der Waals surface area contributed by atoms with Crippen molar-refractivity contribution in [3.8, 4) is 0 Å². The Morgan fingerprint density at radius 2 is 1.42 bits per heavy atom. The third-order valence-electron chi connectivity index (χ3n) is 8.45. The van der Waals surface area contributed by atoms with E-state index >= 15 is 0 Å². The van der Waals surface area contributed by atoms with Gasteiger partial charge in [0.1, 0.15) is 12.6 Å². The minimum Gasteiger partial charge on any atom is -0.352 e. The molecule has 1 aliphatic rings. The average molecular weight is 748 g/mol. The number of carbonyl (C=O) groups excluding carboxylic acids is 2. The molecule has 0 heterocycles. The first-order valence-electron chi connectivity index (χ1n) is 15.6. The van der Waals surface area contributed by atoms with Crippen LogP contribution in [0.2, 0.25) is 20.1 Å². The number of sulfonamides is 1. The normalized spacial score (nSPS) is 14.0. The van der Waals surface area contributed by atoms with Crippen LogP contribution in [0.4, 0.5) is 5.69 Å². The van der Waals surface area contributed by atoms with Gasteiger partial charge in [-0.2, -0.15) is 0 Å². The van der Waals surface area contributed by atoms with Gasteiger partial charge in [-0.1, -0.05) is 119 Å². The standard InChI is InChI=1S/C36H35Cl4N3O4S/c1-24-17-19-27(20-18-24)48(46,47)43(32-16-8-15-31(39)35(32)40)23-34(44)42(22-28-29(37)13-7-14-30(28)38)33(21-25-9-3-2-4-10-25)36(45)41-26-11-5-6-12-26/h2-4,7-10,13-20,26,33H,5-6,11-12,21-23H2,1H3,(H,41,45)/t33-/m1/s1. The van der Waals surface area contributed by atoms with Crippen LogP contribution in [0.3, 0.4) is 0 Å². The minimum absolute atomic E-state index is 0.0174. The molecule has 1 aliphatic carbocycles. The highest BCUT2D eigenvalue weighted by molar-refractivity contribution is 7.92. The van der Waals surface area contributed by atoms with Crippen LogP contribution in [-0.4, -0.2) is 43.8 Å². The van der Waals surface area contributed by atoms with E-state index in [1.165, 1.54) is 29.2 Å². The van der Waals surface area contributed by atoms with Crippen molar-refractivity contribution in [2.75, 3.05) is 10.8 Å². The summed E-state index contributed by atoms with van der Waals surface area (Å²) in [6.07, 6.45) is 3.83. The molecule has 1 atom stereocenters. The minimum atomic E-state index is -4.36. The van der Waals surface area contributed by atoms with E-state index < -0.39 is 28.5 Å². The van der Waals surface area contributed by atoms with Gasteiger partial charge in [0.05, 0.1) is 20.6 Å². The second-order valence-electron chi connectivity index (χ2n) is 11.8. The number of carbonyl (C=O) groups is 2. The van der Waals surface area contributed by atoms with Gasteiger partial charge in [0.15, 0.2) is 0 Å². The molecule has 7 nitrogen and oxygen atoms in total. The molecule has 48 heavy (non-hydrogen) atoms. The van der Waals surface area contributed by atoms with Crippen molar-refractivity contribution in [1.82, 2.24) is 10.2 Å². The van der Waals surface area contributed by atoms with Gasteiger partial charge >= 0.3 is 0 Å². The first-order chi connectivity index (χ1) is 23.0. The molecule has 2 amide bonds. The second-order valence-corrected chi connectivity index (χ2v) is 15.3. The summed E-state index contributed by atoms with van der Waals surface area (Å²) in [7, 11) is -4.36. The number of nitrogens with one attached hydrogen (secondary N) is 1. The molecule has 1 saturated carbocycles. The van der Waals surface area contributed by atoms with Crippen LogP contribution in [0.25, 0.3) is 0 Å². The number of hydrogen-bond acceptors (Lipinski definition) is 4. The lowest BCUT2D eigenvalue weighted by atomic mass is 10.0. The van der Waals surface area contributed by atoms with Gasteiger partial charge in [0.2, 0.25) is 11.8 Å². The molecule has 0 unspecified atom stereocenters. The Balaban J connectivity index is 1.62. The molecule has 0 bridgehead atoms. The lowest BCUT2D eigenvalue weighted by Gasteiger charge is -2.35. The Morgan fingerprint density at radius 3 is 2.06 bits per heavy atom. The summed E-state index contributed by atoms with van der Waals surface area (Å²) < 4.78 is 29.5. The van der Waals surface area contributed by atoms with E-state index in [2.05, 4.69) is 5.32 Å². The fourth-order valence-corrected chi connectivity index (χ4v) is 8.20. The van der Waals surface area contributed by atoms with Crippen molar-refractivity contribution >= 4 is 73.9 Å². The zero-order valence-corrected chi connectivity index (χ0v) is 30.1. The van der Waals surface area contributed by atoms with E-state index in [9.17, 15) is 18.0 Å². The summed E-state index contributed by atoms with van der Waals surface area (Å²) in [4.78, 5) is 30.2. The Labute approximate surface area is 301 Å². The largest absolute Gasteiger partial charge is 0.352 e. The number of amides is 2. The topological polar surface area (TPSA) is 86.8 Å². The van der Waals surface area contributed by atoms with Gasteiger partial charge < -0.3 is 10.2 Å². The quantitative estimate of drug-likeness (QED) is 0.158. The third-order valence-corrected chi connectivity index (χ3v) is 11.7.